The standard InChI is InChI=1S/C9H7F3O2.C5H12N2/c1-5-2-3-6(8(13)14)4-7(5)9(10,11)12;1-7-4-2-6-3-5-7/h2-4H,1H3,(H,13,14);6H,2-5H2,1H3. The minimum Gasteiger partial charge on any atom is -0.478 e. The molecule has 118 valence electrons. The summed E-state index contributed by atoms with van der Waals surface area (Å²) in [5.41, 5.74) is -1.25. The molecule has 21 heavy (non-hydrogen) atoms. The van der Waals surface area contributed by atoms with E-state index >= 15 is 0 Å². The fourth-order valence-corrected chi connectivity index (χ4v) is 1.84. The highest BCUT2D eigenvalue weighted by Crippen LogP contribution is 2.32. The van der Waals surface area contributed by atoms with E-state index in [4.69, 9.17) is 5.11 Å². The summed E-state index contributed by atoms with van der Waals surface area (Å²) in [5, 5.41) is 11.8. The van der Waals surface area contributed by atoms with Gasteiger partial charge >= 0.3 is 12.1 Å². The van der Waals surface area contributed by atoms with Crippen molar-refractivity contribution in [3.63, 3.8) is 0 Å². The average molecular weight is 304 g/mol. The van der Waals surface area contributed by atoms with Crippen LogP contribution in [0, 0.1) is 6.92 Å². The number of carbonyl (C=O) groups is 1. The average Bonchev–Trinajstić information content (AvgIpc) is 2.39. The first-order valence-corrected chi connectivity index (χ1v) is 6.52. The number of alkyl halides is 3. The number of hydrogen-bond donors (Lipinski definition) is 2. The zero-order chi connectivity index (χ0) is 16.0. The first kappa shape index (κ1) is 17.5. The Labute approximate surface area is 121 Å². The molecule has 0 bridgehead atoms. The number of nitrogens with one attached hydrogen (secondary N) is 1. The summed E-state index contributed by atoms with van der Waals surface area (Å²) in [6, 6.07) is 2.93. The number of nitrogens with zero attached hydrogens (tertiary/aromatic N) is 1. The van der Waals surface area contributed by atoms with Crippen molar-refractivity contribution in [3.8, 4) is 0 Å². The Hall–Kier alpha value is -1.60. The van der Waals surface area contributed by atoms with E-state index in [2.05, 4.69) is 17.3 Å². The number of carboxylic acid groups (broad SMARTS) is 1. The third kappa shape index (κ3) is 5.73. The molecule has 1 aliphatic rings. The number of carboxylic acids is 1. The molecule has 1 saturated heterocycles. The molecule has 0 radical (unpaired) electrons. The SMILES string of the molecule is CN1CCNCC1.Cc1ccc(C(=O)O)cc1C(F)(F)F. The summed E-state index contributed by atoms with van der Waals surface area (Å²) in [5.74, 6) is -1.37. The lowest BCUT2D eigenvalue weighted by Gasteiger charge is -2.21. The van der Waals surface area contributed by atoms with Crippen LogP contribution in [0.15, 0.2) is 18.2 Å². The summed E-state index contributed by atoms with van der Waals surface area (Å²) in [6.45, 7) is 6.03. The summed E-state index contributed by atoms with van der Waals surface area (Å²) in [4.78, 5) is 12.8. The maximum absolute atomic E-state index is 12.3. The van der Waals surface area contributed by atoms with Crippen LogP contribution in [-0.4, -0.2) is 49.2 Å². The monoisotopic (exact) mass is 304 g/mol. The van der Waals surface area contributed by atoms with Gasteiger partial charge in [0.2, 0.25) is 0 Å². The molecule has 0 spiro atoms. The smallest absolute Gasteiger partial charge is 0.416 e. The van der Waals surface area contributed by atoms with E-state index in [1.165, 1.54) is 20.0 Å². The lowest BCUT2D eigenvalue weighted by Crippen LogP contribution is -2.40. The van der Waals surface area contributed by atoms with Gasteiger partial charge in [-0.2, -0.15) is 13.2 Å². The van der Waals surface area contributed by atoms with Crippen molar-refractivity contribution in [2.45, 2.75) is 13.1 Å². The Bertz CT molecular complexity index is 484. The van der Waals surface area contributed by atoms with Gasteiger partial charge in [-0.15, -0.1) is 0 Å². The van der Waals surface area contributed by atoms with Crippen LogP contribution in [0.3, 0.4) is 0 Å². The minimum absolute atomic E-state index is 0.0162. The second-order valence-corrected chi connectivity index (χ2v) is 4.89. The normalized spacial score (nSPS) is 16.0. The molecule has 1 heterocycles. The molecule has 0 aromatic heterocycles. The van der Waals surface area contributed by atoms with Gasteiger partial charge in [-0.1, -0.05) is 6.07 Å². The van der Waals surface area contributed by atoms with Crippen LogP contribution in [0.1, 0.15) is 21.5 Å². The summed E-state index contributed by atoms with van der Waals surface area (Å²) < 4.78 is 36.9. The Balaban J connectivity index is 0.000000262. The van der Waals surface area contributed by atoms with E-state index in [0.717, 1.165) is 25.2 Å². The van der Waals surface area contributed by atoms with E-state index in [9.17, 15) is 18.0 Å². The summed E-state index contributed by atoms with van der Waals surface area (Å²) >= 11 is 0. The molecule has 1 aromatic rings. The van der Waals surface area contributed by atoms with Gasteiger partial charge in [0.25, 0.3) is 0 Å². The van der Waals surface area contributed by atoms with Crippen molar-refractivity contribution in [1.29, 1.82) is 0 Å². The zero-order valence-corrected chi connectivity index (χ0v) is 12.0. The number of piperazine rings is 1. The van der Waals surface area contributed by atoms with E-state index in [1.54, 1.807) is 0 Å². The number of aryl methyl sites for hydroxylation is 1. The second-order valence-electron chi connectivity index (χ2n) is 4.89. The number of hydrogen-bond acceptors (Lipinski definition) is 3. The Morgan fingerprint density at radius 3 is 2.24 bits per heavy atom. The van der Waals surface area contributed by atoms with E-state index in [1.807, 2.05) is 0 Å². The van der Waals surface area contributed by atoms with Gasteiger partial charge in [0.1, 0.15) is 0 Å². The summed E-state index contributed by atoms with van der Waals surface area (Å²) in [7, 11) is 2.15. The Kier molecular flexibility index (Phi) is 6.17. The van der Waals surface area contributed by atoms with Crippen LogP contribution in [0.25, 0.3) is 0 Å². The van der Waals surface area contributed by atoms with E-state index in [-0.39, 0.29) is 11.1 Å². The number of aromatic carboxylic acids is 1. The molecule has 0 aliphatic carbocycles. The molecule has 0 unspecified atom stereocenters. The molecule has 1 aliphatic heterocycles. The molecule has 0 atom stereocenters. The lowest BCUT2D eigenvalue weighted by atomic mass is 10.0. The number of benzene rings is 1. The largest absolute Gasteiger partial charge is 0.478 e. The van der Waals surface area contributed by atoms with Crippen LogP contribution in [0.2, 0.25) is 0 Å². The molecule has 0 amide bonds. The molecule has 7 heteroatoms. The third-order valence-corrected chi connectivity index (χ3v) is 3.13. The van der Waals surface area contributed by atoms with Crippen molar-refractivity contribution < 1.29 is 23.1 Å². The lowest BCUT2D eigenvalue weighted by molar-refractivity contribution is -0.138. The van der Waals surface area contributed by atoms with Gasteiger partial charge in [0.15, 0.2) is 0 Å². The predicted octanol–water partition coefficient (Wildman–Crippen LogP) is 2.23. The van der Waals surface area contributed by atoms with E-state index < -0.39 is 17.7 Å². The number of likely N-dealkylation sites (N-methyl/N-ethyl adjacent to an activating group) is 1. The zero-order valence-electron chi connectivity index (χ0n) is 12.0. The topological polar surface area (TPSA) is 52.6 Å². The Morgan fingerprint density at radius 1 is 1.29 bits per heavy atom. The first-order chi connectivity index (χ1) is 9.71. The molecule has 2 N–H and O–H groups in total. The van der Waals surface area contributed by atoms with Crippen molar-refractivity contribution in [2.24, 2.45) is 0 Å². The number of halogens is 3. The van der Waals surface area contributed by atoms with Crippen molar-refractivity contribution >= 4 is 5.97 Å². The molecule has 0 saturated carbocycles. The van der Waals surface area contributed by atoms with Gasteiger partial charge in [-0.3, -0.25) is 0 Å². The van der Waals surface area contributed by atoms with Gasteiger partial charge in [0.05, 0.1) is 11.1 Å². The molecular weight excluding hydrogens is 285 g/mol. The first-order valence-electron chi connectivity index (χ1n) is 6.52. The minimum atomic E-state index is -4.50. The van der Waals surface area contributed by atoms with Crippen LogP contribution < -0.4 is 5.32 Å². The second kappa shape index (κ2) is 7.42. The molecule has 2 rings (SSSR count). The molecule has 4 nitrogen and oxygen atoms in total. The van der Waals surface area contributed by atoms with Gasteiger partial charge in [-0.05, 0) is 31.7 Å². The molecular formula is C14H19F3N2O2. The maximum atomic E-state index is 12.3. The Morgan fingerprint density at radius 2 is 1.86 bits per heavy atom. The summed E-state index contributed by atoms with van der Waals surface area (Å²) in [6.07, 6.45) is -4.50. The van der Waals surface area contributed by atoms with Crippen molar-refractivity contribution in [2.75, 3.05) is 33.2 Å². The van der Waals surface area contributed by atoms with Crippen LogP contribution in [0.4, 0.5) is 13.2 Å². The maximum Gasteiger partial charge on any atom is 0.416 e. The highest BCUT2D eigenvalue weighted by molar-refractivity contribution is 5.87. The van der Waals surface area contributed by atoms with Gasteiger partial charge < -0.3 is 15.3 Å². The number of rotatable bonds is 1. The highest BCUT2D eigenvalue weighted by atomic mass is 19.4. The molecule has 1 aromatic carbocycles. The van der Waals surface area contributed by atoms with Crippen LogP contribution in [-0.2, 0) is 6.18 Å². The molecule has 1 fully saturated rings. The third-order valence-electron chi connectivity index (χ3n) is 3.13. The van der Waals surface area contributed by atoms with Gasteiger partial charge in [0, 0.05) is 26.2 Å². The quantitative estimate of drug-likeness (QED) is 0.835. The predicted molar refractivity (Wildman–Crippen MR) is 73.5 cm³/mol. The fraction of sp³-hybridized carbons (Fsp3) is 0.500. The van der Waals surface area contributed by atoms with Gasteiger partial charge in [-0.25, -0.2) is 4.79 Å². The fourth-order valence-electron chi connectivity index (χ4n) is 1.84. The van der Waals surface area contributed by atoms with Crippen molar-refractivity contribution in [3.05, 3.63) is 34.9 Å². The van der Waals surface area contributed by atoms with Crippen LogP contribution in [0.5, 0.6) is 0 Å². The van der Waals surface area contributed by atoms with E-state index in [0.29, 0.717) is 6.07 Å². The van der Waals surface area contributed by atoms with Crippen LogP contribution >= 0.6 is 0 Å². The van der Waals surface area contributed by atoms with Crippen molar-refractivity contribution in [1.82, 2.24) is 10.2 Å². The highest BCUT2D eigenvalue weighted by Gasteiger charge is 2.32.